The Labute approximate surface area is 103 Å². The second-order valence-electron chi connectivity index (χ2n) is 5.38. The molecule has 0 rings (SSSR count). The first-order chi connectivity index (χ1) is 6.62. The van der Waals surface area contributed by atoms with Crippen molar-refractivity contribution < 1.29 is 8.42 Å². The summed E-state index contributed by atoms with van der Waals surface area (Å²) in [5.74, 6) is 1.27. The molecule has 0 fully saturated rings. The molecule has 1 unspecified atom stereocenters. The molecule has 0 aromatic heterocycles. The lowest BCUT2D eigenvalue weighted by atomic mass is 9.96. The van der Waals surface area contributed by atoms with Gasteiger partial charge in [0.05, 0.1) is 10.5 Å². The topological polar surface area (TPSA) is 34.1 Å². The van der Waals surface area contributed by atoms with E-state index in [0.29, 0.717) is 17.6 Å². The molecule has 0 spiro atoms. The molecule has 0 N–H and O–H groups in total. The predicted molar refractivity (Wildman–Crippen MR) is 70.3 cm³/mol. The van der Waals surface area contributed by atoms with Crippen molar-refractivity contribution in [1.29, 1.82) is 0 Å². The van der Waals surface area contributed by atoms with Gasteiger partial charge in [-0.25, -0.2) is 8.42 Å². The molecule has 0 aromatic carbocycles. The van der Waals surface area contributed by atoms with E-state index in [9.17, 15) is 8.42 Å². The summed E-state index contributed by atoms with van der Waals surface area (Å²) in [7, 11) is -2.96. The summed E-state index contributed by atoms with van der Waals surface area (Å²) in [6.07, 6.45) is 0.752. The molecule has 4 heteroatoms. The first-order valence-corrected chi connectivity index (χ1v) is 8.17. The Morgan fingerprint density at radius 1 is 1.20 bits per heavy atom. The van der Waals surface area contributed by atoms with Crippen LogP contribution in [0.4, 0.5) is 0 Å². The molecule has 92 valence electrons. The fourth-order valence-electron chi connectivity index (χ4n) is 1.20. The molecule has 15 heavy (non-hydrogen) atoms. The van der Waals surface area contributed by atoms with E-state index in [-0.39, 0.29) is 0 Å². The first-order valence-electron chi connectivity index (χ1n) is 5.40. The summed E-state index contributed by atoms with van der Waals surface area (Å²) in [6, 6.07) is 0. The summed E-state index contributed by atoms with van der Waals surface area (Å²) in [6.45, 7) is 9.56. The Morgan fingerprint density at radius 3 is 1.93 bits per heavy atom. The first kappa shape index (κ1) is 15.4. The van der Waals surface area contributed by atoms with E-state index >= 15 is 0 Å². The van der Waals surface area contributed by atoms with E-state index in [4.69, 9.17) is 0 Å². The van der Waals surface area contributed by atoms with Crippen molar-refractivity contribution in [2.75, 3.05) is 11.1 Å². The van der Waals surface area contributed by atoms with E-state index in [0.717, 1.165) is 11.8 Å². The van der Waals surface area contributed by atoms with Gasteiger partial charge in [-0.1, -0.05) is 29.8 Å². The number of rotatable bonds is 5. The average Bonchev–Trinajstić information content (AvgIpc) is 2.02. The molecular formula is C11H23BrO2S. The van der Waals surface area contributed by atoms with Gasteiger partial charge in [-0.2, -0.15) is 0 Å². The molecule has 0 bridgehead atoms. The molecule has 0 radical (unpaired) electrons. The lowest BCUT2D eigenvalue weighted by molar-refractivity contribution is 0.415. The highest BCUT2D eigenvalue weighted by atomic mass is 79.9. The molecule has 0 amide bonds. The van der Waals surface area contributed by atoms with Crippen LogP contribution >= 0.6 is 15.9 Å². The third-order valence-electron chi connectivity index (χ3n) is 2.83. The van der Waals surface area contributed by atoms with Crippen molar-refractivity contribution in [2.45, 2.75) is 45.8 Å². The van der Waals surface area contributed by atoms with Crippen molar-refractivity contribution >= 4 is 25.8 Å². The highest BCUT2D eigenvalue weighted by Crippen LogP contribution is 2.23. The van der Waals surface area contributed by atoms with Crippen LogP contribution in [0.1, 0.15) is 41.0 Å². The number of hydrogen-bond donors (Lipinski definition) is 0. The molecule has 1 atom stereocenters. The SMILES string of the molecule is CC(C)C(CBr)CCS(=O)(=O)C(C)(C)C. The third-order valence-corrected chi connectivity index (χ3v) is 6.30. The van der Waals surface area contributed by atoms with Crippen LogP contribution in [-0.4, -0.2) is 24.2 Å². The Bertz CT molecular complexity index is 275. The quantitative estimate of drug-likeness (QED) is 0.730. The van der Waals surface area contributed by atoms with E-state index in [1.54, 1.807) is 20.8 Å². The molecular weight excluding hydrogens is 276 g/mol. The zero-order valence-electron chi connectivity index (χ0n) is 10.4. The van der Waals surface area contributed by atoms with Gasteiger partial charge in [-0.15, -0.1) is 0 Å². The molecule has 0 aliphatic carbocycles. The lowest BCUT2D eigenvalue weighted by Crippen LogP contribution is -2.31. The second-order valence-corrected chi connectivity index (χ2v) is 8.89. The van der Waals surface area contributed by atoms with Gasteiger partial charge in [-0.3, -0.25) is 0 Å². The molecule has 0 aliphatic rings. The Morgan fingerprint density at radius 2 is 1.67 bits per heavy atom. The highest BCUT2D eigenvalue weighted by Gasteiger charge is 2.29. The van der Waals surface area contributed by atoms with Crippen molar-refractivity contribution in [3.63, 3.8) is 0 Å². The van der Waals surface area contributed by atoms with Crippen LogP contribution in [0.2, 0.25) is 0 Å². The van der Waals surface area contributed by atoms with Gasteiger partial charge in [0.2, 0.25) is 0 Å². The highest BCUT2D eigenvalue weighted by molar-refractivity contribution is 9.09. The number of alkyl halides is 1. The van der Waals surface area contributed by atoms with E-state index in [2.05, 4.69) is 29.8 Å². The molecule has 0 saturated heterocycles. The summed E-state index contributed by atoms with van der Waals surface area (Å²) in [5.41, 5.74) is 0. The standard InChI is InChI=1S/C11H23BrO2S/c1-9(2)10(8-12)6-7-15(13,14)11(3,4)5/h9-10H,6-8H2,1-5H3. The van der Waals surface area contributed by atoms with Crippen LogP contribution in [0.25, 0.3) is 0 Å². The van der Waals surface area contributed by atoms with Gasteiger partial charge in [0.25, 0.3) is 0 Å². The molecule has 0 saturated carbocycles. The normalized spacial score (nSPS) is 15.7. The maximum absolute atomic E-state index is 11.9. The fraction of sp³-hybridized carbons (Fsp3) is 1.00. The van der Waals surface area contributed by atoms with Gasteiger partial charge in [0.15, 0.2) is 9.84 Å². The number of hydrogen-bond acceptors (Lipinski definition) is 2. The summed E-state index contributed by atoms with van der Waals surface area (Å²) in [5, 5.41) is 0.879. The van der Waals surface area contributed by atoms with Crippen LogP contribution in [0.5, 0.6) is 0 Å². The maximum atomic E-state index is 11.9. The van der Waals surface area contributed by atoms with Crippen LogP contribution in [0.15, 0.2) is 0 Å². The second kappa shape index (κ2) is 5.67. The van der Waals surface area contributed by atoms with Crippen molar-refractivity contribution in [1.82, 2.24) is 0 Å². The monoisotopic (exact) mass is 298 g/mol. The van der Waals surface area contributed by atoms with Crippen LogP contribution < -0.4 is 0 Å². The lowest BCUT2D eigenvalue weighted by Gasteiger charge is -2.22. The Balaban J connectivity index is 4.39. The smallest absolute Gasteiger partial charge is 0.155 e. The summed E-state index contributed by atoms with van der Waals surface area (Å²) >= 11 is 3.44. The Kier molecular flexibility index (Phi) is 5.83. The minimum absolute atomic E-state index is 0.297. The van der Waals surface area contributed by atoms with Crippen LogP contribution in [-0.2, 0) is 9.84 Å². The van der Waals surface area contributed by atoms with Gasteiger partial charge in [0, 0.05) is 5.33 Å². The molecule has 2 nitrogen and oxygen atoms in total. The van der Waals surface area contributed by atoms with Gasteiger partial charge < -0.3 is 0 Å². The van der Waals surface area contributed by atoms with E-state index < -0.39 is 14.6 Å². The summed E-state index contributed by atoms with van der Waals surface area (Å²) < 4.78 is 23.1. The largest absolute Gasteiger partial charge is 0.228 e. The van der Waals surface area contributed by atoms with Crippen molar-refractivity contribution in [3.05, 3.63) is 0 Å². The minimum Gasteiger partial charge on any atom is -0.228 e. The van der Waals surface area contributed by atoms with Crippen molar-refractivity contribution in [3.8, 4) is 0 Å². The van der Waals surface area contributed by atoms with Crippen LogP contribution in [0, 0.1) is 11.8 Å². The molecule has 0 aliphatic heterocycles. The third kappa shape index (κ3) is 4.85. The Hall–Kier alpha value is 0.430. The van der Waals surface area contributed by atoms with Gasteiger partial charge in [0.1, 0.15) is 0 Å². The fourth-order valence-corrected chi connectivity index (χ4v) is 3.50. The molecule has 0 heterocycles. The number of sulfone groups is 1. The van der Waals surface area contributed by atoms with Crippen molar-refractivity contribution in [2.24, 2.45) is 11.8 Å². The predicted octanol–water partition coefficient (Wildman–Crippen LogP) is 3.26. The van der Waals surface area contributed by atoms with E-state index in [1.807, 2.05) is 0 Å². The molecule has 0 aromatic rings. The van der Waals surface area contributed by atoms with E-state index in [1.165, 1.54) is 0 Å². The van der Waals surface area contributed by atoms with Crippen LogP contribution in [0.3, 0.4) is 0 Å². The zero-order chi connectivity index (χ0) is 12.3. The maximum Gasteiger partial charge on any atom is 0.155 e. The summed E-state index contributed by atoms with van der Waals surface area (Å²) in [4.78, 5) is 0. The number of halogens is 1. The average molecular weight is 299 g/mol. The minimum atomic E-state index is -2.96. The van der Waals surface area contributed by atoms with Gasteiger partial charge in [-0.05, 0) is 39.0 Å². The zero-order valence-corrected chi connectivity index (χ0v) is 12.8. The van der Waals surface area contributed by atoms with Gasteiger partial charge >= 0.3 is 0 Å².